The molecule has 0 spiro atoms. The number of anilines is 1. The van der Waals surface area contributed by atoms with Gasteiger partial charge in [-0.1, -0.05) is 24.3 Å². The number of imidazole rings is 1. The third kappa shape index (κ3) is 2.26. The number of aromatic nitrogens is 3. The van der Waals surface area contributed by atoms with Crippen LogP contribution in [0.5, 0.6) is 5.75 Å². The Hall–Kier alpha value is -3.61. The SMILES string of the molecule is COc1ccc([C@H]2CC(=O)Nc3c2c(=O)n(C)c2nc4ccccc4n32)cc1. The minimum absolute atomic E-state index is 0.124. The molecule has 1 atom stereocenters. The summed E-state index contributed by atoms with van der Waals surface area (Å²) in [6, 6.07) is 15.1. The van der Waals surface area contributed by atoms with Crippen LogP contribution in [0, 0.1) is 0 Å². The van der Waals surface area contributed by atoms with Gasteiger partial charge in [0, 0.05) is 19.4 Å². The average Bonchev–Trinajstić information content (AvgIpc) is 3.11. The lowest BCUT2D eigenvalue weighted by molar-refractivity contribution is -0.116. The predicted octanol–water partition coefficient (Wildman–Crippen LogP) is 2.67. The molecule has 0 bridgehead atoms. The molecule has 2 aromatic heterocycles. The number of carbonyl (C=O) groups is 1. The van der Waals surface area contributed by atoms with Gasteiger partial charge in [0.1, 0.15) is 11.6 Å². The van der Waals surface area contributed by atoms with Crippen molar-refractivity contribution in [1.82, 2.24) is 14.0 Å². The Morgan fingerprint density at radius 3 is 2.61 bits per heavy atom. The Bertz CT molecular complexity index is 1300. The number of nitrogens with one attached hydrogen (secondary N) is 1. The zero-order chi connectivity index (χ0) is 19.4. The number of methoxy groups -OCH3 is 1. The van der Waals surface area contributed by atoms with Crippen molar-refractivity contribution in [2.75, 3.05) is 12.4 Å². The summed E-state index contributed by atoms with van der Waals surface area (Å²) in [6.45, 7) is 0. The highest BCUT2D eigenvalue weighted by Crippen LogP contribution is 2.36. The standard InChI is InChI=1S/C21H18N4O3/c1-24-20(27)18-14(12-7-9-13(28-2)10-8-12)11-17(26)23-19(18)25-16-6-4-3-5-15(16)22-21(24)25/h3-10,14H,11H2,1-2H3,(H,23,26)/t14-/m1/s1. The fourth-order valence-corrected chi connectivity index (χ4v) is 3.98. The molecule has 7 heteroatoms. The molecule has 2 aromatic carbocycles. The summed E-state index contributed by atoms with van der Waals surface area (Å²) in [4.78, 5) is 30.4. The lowest BCUT2D eigenvalue weighted by Gasteiger charge is -2.27. The van der Waals surface area contributed by atoms with Crippen molar-refractivity contribution in [3.63, 3.8) is 0 Å². The van der Waals surface area contributed by atoms with Crippen LogP contribution in [-0.2, 0) is 11.8 Å². The third-order valence-electron chi connectivity index (χ3n) is 5.37. The van der Waals surface area contributed by atoms with Crippen LogP contribution in [0.3, 0.4) is 0 Å². The molecular weight excluding hydrogens is 356 g/mol. The van der Waals surface area contributed by atoms with E-state index < -0.39 is 0 Å². The summed E-state index contributed by atoms with van der Waals surface area (Å²) in [6.07, 6.45) is 0.215. The Labute approximate surface area is 160 Å². The van der Waals surface area contributed by atoms with Crippen molar-refractivity contribution in [3.8, 4) is 5.75 Å². The van der Waals surface area contributed by atoms with Crippen LogP contribution in [-0.4, -0.2) is 27.0 Å². The highest BCUT2D eigenvalue weighted by molar-refractivity contribution is 5.96. The quantitative estimate of drug-likeness (QED) is 0.585. The number of aryl methyl sites for hydroxylation is 1. The maximum atomic E-state index is 13.3. The largest absolute Gasteiger partial charge is 0.497 e. The van der Waals surface area contributed by atoms with Gasteiger partial charge in [0.05, 0.1) is 23.7 Å². The fraction of sp³-hybridized carbons (Fsp3) is 0.190. The molecule has 7 nitrogen and oxygen atoms in total. The third-order valence-corrected chi connectivity index (χ3v) is 5.37. The summed E-state index contributed by atoms with van der Waals surface area (Å²) in [5, 5.41) is 2.92. The Kier molecular flexibility index (Phi) is 3.52. The van der Waals surface area contributed by atoms with Crippen LogP contribution in [0.1, 0.15) is 23.5 Å². The molecule has 3 heterocycles. The molecule has 140 valence electrons. The lowest BCUT2D eigenvalue weighted by Crippen LogP contribution is -2.35. The van der Waals surface area contributed by atoms with E-state index in [0.717, 1.165) is 22.3 Å². The molecule has 0 unspecified atom stereocenters. The van der Waals surface area contributed by atoms with Crippen molar-refractivity contribution >= 4 is 28.5 Å². The number of nitrogens with zero attached hydrogens (tertiary/aromatic N) is 3. The number of benzene rings is 2. The van der Waals surface area contributed by atoms with Crippen LogP contribution >= 0.6 is 0 Å². The molecule has 5 rings (SSSR count). The molecule has 0 saturated carbocycles. The van der Waals surface area contributed by atoms with E-state index in [4.69, 9.17) is 4.74 Å². The summed E-state index contributed by atoms with van der Waals surface area (Å²) >= 11 is 0. The average molecular weight is 374 g/mol. The van der Waals surface area contributed by atoms with Gasteiger partial charge < -0.3 is 10.1 Å². The van der Waals surface area contributed by atoms with Crippen LogP contribution < -0.4 is 15.6 Å². The van der Waals surface area contributed by atoms with Gasteiger partial charge >= 0.3 is 0 Å². The Balaban J connectivity index is 1.85. The number of fused-ring (bicyclic) bond motifs is 5. The summed E-state index contributed by atoms with van der Waals surface area (Å²) in [7, 11) is 3.32. The number of hydrogen-bond donors (Lipinski definition) is 1. The molecular formula is C21H18N4O3. The van der Waals surface area contributed by atoms with Crippen LogP contribution in [0.15, 0.2) is 53.3 Å². The zero-order valence-electron chi connectivity index (χ0n) is 15.5. The van der Waals surface area contributed by atoms with Crippen LogP contribution in [0.4, 0.5) is 5.82 Å². The molecule has 1 aliphatic rings. The maximum Gasteiger partial charge on any atom is 0.260 e. The monoisotopic (exact) mass is 374 g/mol. The lowest BCUT2D eigenvalue weighted by atomic mass is 9.86. The first-order valence-electron chi connectivity index (χ1n) is 9.02. The van der Waals surface area contributed by atoms with E-state index in [9.17, 15) is 9.59 Å². The van der Waals surface area contributed by atoms with Gasteiger partial charge in [0.2, 0.25) is 11.7 Å². The molecule has 28 heavy (non-hydrogen) atoms. The number of rotatable bonds is 2. The van der Waals surface area contributed by atoms with E-state index in [2.05, 4.69) is 10.3 Å². The topological polar surface area (TPSA) is 77.6 Å². The first kappa shape index (κ1) is 16.6. The van der Waals surface area contributed by atoms with E-state index in [1.165, 1.54) is 0 Å². The number of para-hydroxylation sites is 2. The maximum absolute atomic E-state index is 13.3. The highest BCUT2D eigenvalue weighted by atomic mass is 16.5. The van der Waals surface area contributed by atoms with E-state index >= 15 is 0 Å². The Morgan fingerprint density at radius 2 is 1.86 bits per heavy atom. The van der Waals surface area contributed by atoms with Gasteiger partial charge in [-0.3, -0.25) is 18.6 Å². The van der Waals surface area contributed by atoms with Gasteiger partial charge in [-0.05, 0) is 29.8 Å². The molecule has 1 N–H and O–H groups in total. The van der Waals surface area contributed by atoms with Crippen LogP contribution in [0.2, 0.25) is 0 Å². The second kappa shape index (κ2) is 5.95. The van der Waals surface area contributed by atoms with Gasteiger partial charge in [-0.25, -0.2) is 4.98 Å². The zero-order valence-corrected chi connectivity index (χ0v) is 15.5. The Morgan fingerprint density at radius 1 is 1.11 bits per heavy atom. The predicted molar refractivity (Wildman–Crippen MR) is 106 cm³/mol. The molecule has 0 fully saturated rings. The summed E-state index contributed by atoms with van der Waals surface area (Å²) in [5.41, 5.74) is 2.94. The van der Waals surface area contributed by atoms with Gasteiger partial charge in [0.15, 0.2) is 0 Å². The molecule has 4 aromatic rings. The summed E-state index contributed by atoms with van der Waals surface area (Å²) < 4.78 is 8.64. The van der Waals surface area contributed by atoms with E-state index in [-0.39, 0.29) is 23.8 Å². The number of amides is 1. The number of ether oxygens (including phenoxy) is 1. The van der Waals surface area contributed by atoms with Crippen molar-refractivity contribution in [1.29, 1.82) is 0 Å². The smallest absolute Gasteiger partial charge is 0.260 e. The molecule has 1 amide bonds. The van der Waals surface area contributed by atoms with Crippen molar-refractivity contribution in [2.45, 2.75) is 12.3 Å². The molecule has 0 saturated heterocycles. The van der Waals surface area contributed by atoms with Crippen molar-refractivity contribution in [3.05, 3.63) is 70.0 Å². The van der Waals surface area contributed by atoms with E-state index in [1.54, 1.807) is 18.7 Å². The van der Waals surface area contributed by atoms with E-state index in [1.807, 2.05) is 52.9 Å². The van der Waals surface area contributed by atoms with Gasteiger partial charge in [0.25, 0.3) is 5.56 Å². The minimum Gasteiger partial charge on any atom is -0.497 e. The summed E-state index contributed by atoms with van der Waals surface area (Å²) in [5.74, 6) is 1.28. The van der Waals surface area contributed by atoms with Gasteiger partial charge in [-0.2, -0.15) is 0 Å². The molecule has 0 aliphatic carbocycles. The van der Waals surface area contributed by atoms with Crippen molar-refractivity contribution < 1.29 is 9.53 Å². The molecule has 1 aliphatic heterocycles. The highest BCUT2D eigenvalue weighted by Gasteiger charge is 2.33. The fourth-order valence-electron chi connectivity index (χ4n) is 3.98. The first-order chi connectivity index (χ1) is 13.6. The van der Waals surface area contributed by atoms with Crippen LogP contribution in [0.25, 0.3) is 16.8 Å². The number of hydrogen-bond acceptors (Lipinski definition) is 4. The first-order valence-corrected chi connectivity index (χ1v) is 9.02. The normalized spacial score (nSPS) is 16.2. The second-order valence-electron chi connectivity index (χ2n) is 6.94. The van der Waals surface area contributed by atoms with Crippen molar-refractivity contribution in [2.24, 2.45) is 7.05 Å². The van der Waals surface area contributed by atoms with E-state index in [0.29, 0.717) is 17.2 Å². The van der Waals surface area contributed by atoms with Gasteiger partial charge in [-0.15, -0.1) is 0 Å². The second-order valence-corrected chi connectivity index (χ2v) is 6.94. The number of carbonyl (C=O) groups excluding carboxylic acids is 1. The minimum atomic E-state index is -0.334. The molecule has 0 radical (unpaired) electrons.